The molecule has 0 aromatic heterocycles. The molecular formula is C15H21Cl2NO3S. The lowest BCUT2D eigenvalue weighted by Crippen LogP contribution is -2.37. The number of aryl methyl sites for hydroxylation is 1. The van der Waals surface area contributed by atoms with Gasteiger partial charge in [-0.2, -0.15) is 0 Å². The second kappa shape index (κ2) is 7.49. The van der Waals surface area contributed by atoms with E-state index in [9.17, 15) is 13.5 Å². The highest BCUT2D eigenvalue weighted by atomic mass is 35.5. The molecule has 0 heterocycles. The maximum atomic E-state index is 12.4. The minimum Gasteiger partial charge on any atom is -0.391 e. The maximum Gasteiger partial charge on any atom is 0.242 e. The fraction of sp³-hybridized carbons (Fsp3) is 0.600. The molecule has 1 fully saturated rings. The molecule has 4 nitrogen and oxygen atoms in total. The van der Waals surface area contributed by atoms with Crippen molar-refractivity contribution >= 4 is 33.2 Å². The van der Waals surface area contributed by atoms with Gasteiger partial charge in [-0.15, -0.1) is 0 Å². The highest BCUT2D eigenvalue weighted by Crippen LogP contribution is 2.29. The molecule has 22 heavy (non-hydrogen) atoms. The molecule has 0 bridgehead atoms. The predicted molar refractivity (Wildman–Crippen MR) is 89.0 cm³/mol. The largest absolute Gasteiger partial charge is 0.391 e. The van der Waals surface area contributed by atoms with Crippen LogP contribution in [0.15, 0.2) is 17.0 Å². The van der Waals surface area contributed by atoms with Gasteiger partial charge in [-0.25, -0.2) is 13.1 Å². The van der Waals surface area contributed by atoms with Crippen molar-refractivity contribution in [2.24, 2.45) is 5.92 Å². The van der Waals surface area contributed by atoms with E-state index in [1.54, 1.807) is 6.92 Å². The smallest absolute Gasteiger partial charge is 0.242 e. The maximum absolute atomic E-state index is 12.4. The molecule has 1 unspecified atom stereocenters. The molecule has 0 radical (unpaired) electrons. The van der Waals surface area contributed by atoms with Crippen LogP contribution in [0.25, 0.3) is 0 Å². The van der Waals surface area contributed by atoms with E-state index in [2.05, 4.69) is 4.72 Å². The molecule has 0 spiro atoms. The zero-order chi connectivity index (χ0) is 16.3. The molecule has 0 saturated heterocycles. The fourth-order valence-electron chi connectivity index (χ4n) is 2.80. The van der Waals surface area contributed by atoms with Crippen LogP contribution in [-0.4, -0.2) is 26.2 Å². The van der Waals surface area contributed by atoms with Crippen molar-refractivity contribution in [2.75, 3.05) is 6.54 Å². The molecule has 0 aliphatic heterocycles. The Morgan fingerprint density at radius 2 is 1.86 bits per heavy atom. The third-order valence-electron chi connectivity index (χ3n) is 4.18. The van der Waals surface area contributed by atoms with Crippen LogP contribution in [0, 0.1) is 12.8 Å². The normalized spacial score (nSPS) is 18.4. The number of sulfonamides is 1. The van der Waals surface area contributed by atoms with Crippen LogP contribution in [0.5, 0.6) is 0 Å². The lowest BCUT2D eigenvalue weighted by molar-refractivity contribution is 0.0888. The van der Waals surface area contributed by atoms with Gasteiger partial charge in [0.2, 0.25) is 10.0 Å². The SMILES string of the molecule is Cc1cc(S(=O)(=O)NCC(O)C2CCCCC2)c(Cl)cc1Cl. The summed E-state index contributed by atoms with van der Waals surface area (Å²) in [7, 11) is -3.76. The highest BCUT2D eigenvalue weighted by Gasteiger charge is 2.25. The van der Waals surface area contributed by atoms with Crippen molar-refractivity contribution in [3.8, 4) is 0 Å². The van der Waals surface area contributed by atoms with Crippen LogP contribution in [0.4, 0.5) is 0 Å². The summed E-state index contributed by atoms with van der Waals surface area (Å²) in [5.41, 5.74) is 0.638. The minimum absolute atomic E-state index is 0.00496. The van der Waals surface area contributed by atoms with Gasteiger partial charge in [0, 0.05) is 11.6 Å². The van der Waals surface area contributed by atoms with Crippen molar-refractivity contribution in [3.05, 3.63) is 27.7 Å². The molecule has 7 heteroatoms. The average molecular weight is 366 g/mol. The van der Waals surface area contributed by atoms with Gasteiger partial charge in [-0.3, -0.25) is 0 Å². The van der Waals surface area contributed by atoms with Gasteiger partial charge in [0.05, 0.1) is 11.1 Å². The zero-order valence-corrected chi connectivity index (χ0v) is 14.8. The van der Waals surface area contributed by atoms with Gasteiger partial charge in [-0.1, -0.05) is 42.5 Å². The lowest BCUT2D eigenvalue weighted by Gasteiger charge is -2.26. The Balaban J connectivity index is 2.06. The molecule has 1 aliphatic rings. The first-order chi connectivity index (χ1) is 10.3. The topological polar surface area (TPSA) is 66.4 Å². The average Bonchev–Trinajstić information content (AvgIpc) is 2.49. The third kappa shape index (κ3) is 4.36. The van der Waals surface area contributed by atoms with E-state index in [4.69, 9.17) is 23.2 Å². The Hall–Kier alpha value is -0.330. The Morgan fingerprint density at radius 1 is 1.23 bits per heavy atom. The number of nitrogens with one attached hydrogen (secondary N) is 1. The van der Waals surface area contributed by atoms with Crippen LogP contribution in [0.2, 0.25) is 10.0 Å². The van der Waals surface area contributed by atoms with E-state index >= 15 is 0 Å². The fourth-order valence-corrected chi connectivity index (χ4v) is 4.68. The third-order valence-corrected chi connectivity index (χ3v) is 6.47. The van der Waals surface area contributed by atoms with Crippen LogP contribution >= 0.6 is 23.2 Å². The van der Waals surface area contributed by atoms with Crippen LogP contribution < -0.4 is 4.72 Å². The molecule has 2 N–H and O–H groups in total. The number of rotatable bonds is 5. The summed E-state index contributed by atoms with van der Waals surface area (Å²) in [6.07, 6.45) is 4.61. The molecule has 1 aromatic rings. The molecule has 0 amide bonds. The van der Waals surface area contributed by atoms with Crippen molar-refractivity contribution in [1.82, 2.24) is 4.72 Å². The molecule has 2 rings (SSSR count). The van der Waals surface area contributed by atoms with Crippen molar-refractivity contribution in [2.45, 2.75) is 50.0 Å². The summed E-state index contributed by atoms with van der Waals surface area (Å²) in [6.45, 7) is 1.72. The van der Waals surface area contributed by atoms with E-state index in [0.29, 0.717) is 10.6 Å². The second-order valence-corrected chi connectivity index (χ2v) is 8.40. The minimum atomic E-state index is -3.76. The van der Waals surface area contributed by atoms with Gasteiger partial charge in [0.25, 0.3) is 0 Å². The number of hydrogen-bond donors (Lipinski definition) is 2. The summed E-state index contributed by atoms with van der Waals surface area (Å²) in [6, 6.07) is 2.87. The Bertz CT molecular complexity index is 628. The van der Waals surface area contributed by atoms with Crippen molar-refractivity contribution < 1.29 is 13.5 Å². The van der Waals surface area contributed by atoms with E-state index in [1.165, 1.54) is 18.6 Å². The highest BCUT2D eigenvalue weighted by molar-refractivity contribution is 7.89. The quantitative estimate of drug-likeness (QED) is 0.838. The van der Waals surface area contributed by atoms with Gasteiger partial charge < -0.3 is 5.11 Å². The first-order valence-electron chi connectivity index (χ1n) is 7.44. The van der Waals surface area contributed by atoms with Crippen LogP contribution in [0.3, 0.4) is 0 Å². The number of aliphatic hydroxyl groups excluding tert-OH is 1. The van der Waals surface area contributed by atoms with Crippen LogP contribution in [-0.2, 0) is 10.0 Å². The van der Waals surface area contributed by atoms with Gasteiger partial charge >= 0.3 is 0 Å². The molecular weight excluding hydrogens is 345 g/mol. The predicted octanol–water partition coefficient (Wildman–Crippen LogP) is 3.52. The molecule has 1 saturated carbocycles. The van der Waals surface area contributed by atoms with E-state index < -0.39 is 16.1 Å². The Morgan fingerprint density at radius 3 is 2.50 bits per heavy atom. The van der Waals surface area contributed by atoms with E-state index in [1.807, 2.05) is 0 Å². The summed E-state index contributed by atoms with van der Waals surface area (Å²) in [4.78, 5) is -0.00749. The van der Waals surface area contributed by atoms with Gasteiger partial charge in [-0.05, 0) is 43.4 Å². The molecule has 1 aliphatic carbocycles. The lowest BCUT2D eigenvalue weighted by atomic mass is 9.85. The van der Waals surface area contributed by atoms with E-state index in [-0.39, 0.29) is 22.4 Å². The Labute approximate surface area is 141 Å². The molecule has 124 valence electrons. The number of hydrogen-bond acceptors (Lipinski definition) is 3. The summed E-state index contributed by atoms with van der Waals surface area (Å²) < 4.78 is 27.2. The van der Waals surface area contributed by atoms with Gasteiger partial charge in [0.15, 0.2) is 0 Å². The molecule has 1 aromatic carbocycles. The molecule has 1 atom stereocenters. The van der Waals surface area contributed by atoms with Crippen molar-refractivity contribution in [1.29, 1.82) is 0 Å². The summed E-state index contributed by atoms with van der Waals surface area (Å²) in [5, 5.41) is 10.7. The number of aliphatic hydroxyl groups is 1. The standard InChI is InChI=1S/C15H21Cl2NO3S/c1-10-7-15(13(17)8-12(10)16)22(20,21)18-9-14(19)11-5-3-2-4-6-11/h7-8,11,14,18-19H,2-6,9H2,1H3. The van der Waals surface area contributed by atoms with E-state index in [0.717, 1.165) is 25.7 Å². The second-order valence-electron chi connectivity index (χ2n) is 5.85. The first-order valence-corrected chi connectivity index (χ1v) is 9.68. The monoisotopic (exact) mass is 365 g/mol. The van der Waals surface area contributed by atoms with Gasteiger partial charge in [0.1, 0.15) is 4.90 Å². The number of benzene rings is 1. The summed E-state index contributed by atoms with van der Waals surface area (Å²) >= 11 is 11.9. The summed E-state index contributed by atoms with van der Waals surface area (Å²) in [5.74, 6) is 0.166. The number of halogens is 2. The van der Waals surface area contributed by atoms with Crippen LogP contribution in [0.1, 0.15) is 37.7 Å². The van der Waals surface area contributed by atoms with Crippen molar-refractivity contribution in [3.63, 3.8) is 0 Å². The first kappa shape index (κ1) is 18.0. The Kier molecular flexibility index (Phi) is 6.14. The zero-order valence-electron chi connectivity index (χ0n) is 12.5.